The molecule has 0 aromatic carbocycles. The average Bonchev–Trinajstić information content (AvgIpc) is 2.92. The molecule has 144 valence electrons. The third-order valence-electron chi connectivity index (χ3n) is 3.75. The number of aromatic nitrogens is 3. The van der Waals surface area contributed by atoms with Crippen molar-refractivity contribution in [3.05, 3.63) is 29.6 Å². The molecule has 2 aromatic heterocycles. The van der Waals surface area contributed by atoms with Crippen molar-refractivity contribution in [2.75, 3.05) is 11.6 Å². The maximum absolute atomic E-state index is 13.3. The van der Waals surface area contributed by atoms with E-state index in [0.717, 1.165) is 17.1 Å². The van der Waals surface area contributed by atoms with Crippen LogP contribution >= 0.6 is 0 Å². The second kappa shape index (κ2) is 7.23. The molecule has 7 nitrogen and oxygen atoms in total. The molecule has 2 aromatic rings. The lowest BCUT2D eigenvalue weighted by Crippen LogP contribution is -2.18. The highest BCUT2D eigenvalue weighted by molar-refractivity contribution is 7.90. The molecule has 0 radical (unpaired) electrons. The van der Waals surface area contributed by atoms with Gasteiger partial charge in [-0.3, -0.25) is 0 Å². The van der Waals surface area contributed by atoms with E-state index in [4.69, 9.17) is 0 Å². The average molecular weight is 392 g/mol. The number of aliphatic hydroxyl groups is 1. The van der Waals surface area contributed by atoms with Crippen LogP contribution in [-0.4, -0.2) is 40.6 Å². The van der Waals surface area contributed by atoms with E-state index in [0.29, 0.717) is 6.42 Å². The van der Waals surface area contributed by atoms with E-state index < -0.39 is 28.3 Å². The number of aliphatic hydroxyl groups excluding tert-OH is 1. The summed E-state index contributed by atoms with van der Waals surface area (Å²) in [7, 11) is -3.54. The first-order valence-corrected chi connectivity index (χ1v) is 9.61. The van der Waals surface area contributed by atoms with E-state index in [1.165, 1.54) is 12.1 Å². The molecular weight excluding hydrogens is 373 g/mol. The number of rotatable bonds is 6. The van der Waals surface area contributed by atoms with Crippen LogP contribution in [0.25, 0.3) is 5.69 Å². The van der Waals surface area contributed by atoms with Gasteiger partial charge in [-0.25, -0.2) is 18.1 Å². The van der Waals surface area contributed by atoms with Gasteiger partial charge in [0.25, 0.3) is 0 Å². The Morgan fingerprint density at radius 2 is 2.00 bits per heavy atom. The van der Waals surface area contributed by atoms with Crippen LogP contribution in [-0.2, 0) is 22.6 Å². The number of hydrogen-bond acceptors (Lipinski definition) is 6. The summed E-state index contributed by atoms with van der Waals surface area (Å²) in [5.74, 6) is -0.0110. The lowest BCUT2D eigenvalue weighted by molar-refractivity contribution is -0.142. The van der Waals surface area contributed by atoms with Crippen LogP contribution in [0.15, 0.2) is 23.4 Å². The topological polar surface area (TPSA) is 97.1 Å². The van der Waals surface area contributed by atoms with Crippen LogP contribution in [0.1, 0.15) is 31.5 Å². The van der Waals surface area contributed by atoms with Gasteiger partial charge in [-0.1, -0.05) is 6.92 Å². The van der Waals surface area contributed by atoms with Crippen LogP contribution < -0.4 is 5.32 Å². The highest BCUT2D eigenvalue weighted by atomic mass is 32.2. The number of pyridine rings is 1. The summed E-state index contributed by atoms with van der Waals surface area (Å²) in [5.41, 5.74) is -1.46. The van der Waals surface area contributed by atoms with Gasteiger partial charge in [0.15, 0.2) is 20.6 Å². The van der Waals surface area contributed by atoms with Gasteiger partial charge in [-0.15, -0.1) is 0 Å². The first-order chi connectivity index (χ1) is 12.0. The third kappa shape index (κ3) is 4.15. The molecular formula is C15H19F3N4O3S. The normalized spacial score (nSPS) is 13.7. The molecule has 0 saturated heterocycles. The fourth-order valence-electron chi connectivity index (χ4n) is 2.22. The van der Waals surface area contributed by atoms with Gasteiger partial charge in [0.1, 0.15) is 5.82 Å². The summed E-state index contributed by atoms with van der Waals surface area (Å²) in [6.45, 7) is 2.77. The van der Waals surface area contributed by atoms with Gasteiger partial charge in [0, 0.05) is 12.3 Å². The first-order valence-electron chi connectivity index (χ1n) is 7.72. The molecule has 0 spiro atoms. The molecule has 0 aliphatic heterocycles. The van der Waals surface area contributed by atoms with Crippen molar-refractivity contribution >= 4 is 15.7 Å². The highest BCUT2D eigenvalue weighted by Crippen LogP contribution is 2.36. The second-order valence-electron chi connectivity index (χ2n) is 5.82. The van der Waals surface area contributed by atoms with Gasteiger partial charge >= 0.3 is 6.18 Å². The molecule has 1 unspecified atom stereocenters. The van der Waals surface area contributed by atoms with Crippen molar-refractivity contribution in [1.82, 2.24) is 14.8 Å². The number of nitrogens with zero attached hydrogens (tertiary/aromatic N) is 3. The molecule has 0 saturated carbocycles. The number of halogens is 3. The molecule has 11 heteroatoms. The summed E-state index contributed by atoms with van der Waals surface area (Å²) in [6.07, 6.45) is -2.03. The SMILES string of the molecule is CCC(C)Nc1c(CO)c(C(F)(F)F)nn1-c1ccc(S(C)(=O)=O)nc1. The predicted molar refractivity (Wildman–Crippen MR) is 88.8 cm³/mol. The molecule has 0 amide bonds. The van der Waals surface area contributed by atoms with Gasteiger partial charge in [-0.05, 0) is 25.5 Å². The zero-order chi connectivity index (χ0) is 19.7. The molecule has 0 bridgehead atoms. The predicted octanol–water partition coefficient (Wildman–Crippen LogP) is 2.39. The third-order valence-corrected chi connectivity index (χ3v) is 4.75. The van der Waals surface area contributed by atoms with Crippen molar-refractivity contribution in [1.29, 1.82) is 0 Å². The summed E-state index contributed by atoms with van der Waals surface area (Å²) in [4.78, 5) is 3.77. The van der Waals surface area contributed by atoms with E-state index in [1.54, 1.807) is 6.92 Å². The molecule has 0 aliphatic carbocycles. The Bertz CT molecular complexity index is 877. The Morgan fingerprint density at radius 1 is 1.35 bits per heavy atom. The van der Waals surface area contributed by atoms with Crippen molar-refractivity contribution in [2.45, 2.75) is 44.1 Å². The maximum atomic E-state index is 13.3. The summed E-state index contributed by atoms with van der Waals surface area (Å²) in [6, 6.07) is 2.31. The Labute approximate surface area is 148 Å². The van der Waals surface area contributed by atoms with Crippen LogP contribution in [0.2, 0.25) is 0 Å². The molecule has 26 heavy (non-hydrogen) atoms. The second-order valence-corrected chi connectivity index (χ2v) is 7.79. The molecule has 2 N–H and O–H groups in total. The smallest absolute Gasteiger partial charge is 0.391 e. The number of anilines is 1. The Balaban J connectivity index is 2.64. The number of nitrogens with one attached hydrogen (secondary N) is 1. The Hall–Kier alpha value is -2.14. The minimum atomic E-state index is -4.75. The van der Waals surface area contributed by atoms with Crippen molar-refractivity contribution in [2.24, 2.45) is 0 Å². The fraction of sp³-hybridized carbons (Fsp3) is 0.467. The Morgan fingerprint density at radius 3 is 2.42 bits per heavy atom. The zero-order valence-electron chi connectivity index (χ0n) is 14.4. The molecule has 0 fully saturated rings. The quantitative estimate of drug-likeness (QED) is 0.784. The summed E-state index contributed by atoms with van der Waals surface area (Å²) >= 11 is 0. The van der Waals surface area contributed by atoms with Gasteiger partial charge in [0.05, 0.1) is 24.1 Å². The minimum Gasteiger partial charge on any atom is -0.391 e. The van der Waals surface area contributed by atoms with Crippen LogP contribution in [0, 0.1) is 0 Å². The zero-order valence-corrected chi connectivity index (χ0v) is 15.2. The van der Waals surface area contributed by atoms with Crippen molar-refractivity contribution in [3.63, 3.8) is 0 Å². The van der Waals surface area contributed by atoms with E-state index in [2.05, 4.69) is 15.4 Å². The molecule has 0 aliphatic rings. The van der Waals surface area contributed by atoms with Crippen molar-refractivity contribution in [3.8, 4) is 5.69 Å². The molecule has 1 atom stereocenters. The van der Waals surface area contributed by atoms with E-state index in [-0.39, 0.29) is 28.1 Å². The lowest BCUT2D eigenvalue weighted by Gasteiger charge is -2.16. The summed E-state index contributed by atoms with van der Waals surface area (Å²) in [5, 5.41) is 15.8. The van der Waals surface area contributed by atoms with E-state index in [9.17, 15) is 26.7 Å². The number of alkyl halides is 3. The maximum Gasteiger partial charge on any atom is 0.435 e. The van der Waals surface area contributed by atoms with Crippen LogP contribution in [0.4, 0.5) is 19.0 Å². The van der Waals surface area contributed by atoms with Gasteiger partial charge in [-0.2, -0.15) is 18.3 Å². The number of sulfone groups is 1. The highest BCUT2D eigenvalue weighted by Gasteiger charge is 2.39. The lowest BCUT2D eigenvalue weighted by atomic mass is 10.2. The Kier molecular flexibility index (Phi) is 5.61. The largest absolute Gasteiger partial charge is 0.435 e. The minimum absolute atomic E-state index is 0.0110. The van der Waals surface area contributed by atoms with Crippen LogP contribution in [0.3, 0.4) is 0 Å². The first kappa shape index (κ1) is 20.2. The number of hydrogen-bond donors (Lipinski definition) is 2. The molecule has 2 heterocycles. The molecule has 2 rings (SSSR count). The van der Waals surface area contributed by atoms with E-state index in [1.807, 2.05) is 6.92 Å². The van der Waals surface area contributed by atoms with Gasteiger partial charge in [0.2, 0.25) is 0 Å². The van der Waals surface area contributed by atoms with E-state index >= 15 is 0 Å². The summed E-state index contributed by atoms with van der Waals surface area (Å²) < 4.78 is 63.8. The standard InChI is InChI=1S/C15H19F3N4O3S/c1-4-9(2)20-14-11(8-23)13(15(16,17)18)21-22(14)10-5-6-12(19-7-10)26(3,24)25/h5-7,9,20,23H,4,8H2,1-3H3. The van der Waals surface area contributed by atoms with Crippen molar-refractivity contribution < 1.29 is 26.7 Å². The fourth-order valence-corrected chi connectivity index (χ4v) is 2.77. The van der Waals surface area contributed by atoms with Crippen LogP contribution in [0.5, 0.6) is 0 Å². The van der Waals surface area contributed by atoms with Gasteiger partial charge < -0.3 is 10.4 Å². The monoisotopic (exact) mass is 392 g/mol.